The first-order valence-electron chi connectivity index (χ1n) is 11.0. The van der Waals surface area contributed by atoms with Gasteiger partial charge in [-0.3, -0.25) is 9.69 Å². The van der Waals surface area contributed by atoms with Crippen molar-refractivity contribution in [2.75, 3.05) is 24.5 Å². The second-order valence-corrected chi connectivity index (χ2v) is 11.4. The predicted octanol–water partition coefficient (Wildman–Crippen LogP) is 3.65. The van der Waals surface area contributed by atoms with Crippen LogP contribution in [0.1, 0.15) is 47.6 Å². The standard InChI is InChI=1S/C23H29N3O4S2/c1-4-13-26(23-24-20-7-5-6-8-21(20)31-23)22(27)18-9-11-19(12-10-18)32(28,29)25-14-16(2)30-17(3)15-25/h4,9-12,16-17H,1,5-8,13-15H2,2-3H3/t16-,17-/m1/s1. The Balaban J connectivity index is 1.56. The molecule has 172 valence electrons. The maximum Gasteiger partial charge on any atom is 0.260 e. The molecule has 32 heavy (non-hydrogen) atoms. The van der Waals surface area contributed by atoms with Crippen molar-refractivity contribution < 1.29 is 17.9 Å². The van der Waals surface area contributed by atoms with E-state index in [1.54, 1.807) is 34.4 Å². The summed E-state index contributed by atoms with van der Waals surface area (Å²) in [6.07, 6.45) is 5.60. The fourth-order valence-corrected chi connectivity index (χ4v) is 6.98. The average Bonchev–Trinajstić information content (AvgIpc) is 3.20. The summed E-state index contributed by atoms with van der Waals surface area (Å²) in [5, 5.41) is 0.676. The van der Waals surface area contributed by atoms with Gasteiger partial charge in [-0.15, -0.1) is 17.9 Å². The van der Waals surface area contributed by atoms with Crippen LogP contribution < -0.4 is 4.90 Å². The molecule has 1 saturated heterocycles. The number of ether oxygens (including phenoxy) is 1. The van der Waals surface area contributed by atoms with Crippen molar-refractivity contribution in [2.45, 2.75) is 56.6 Å². The van der Waals surface area contributed by atoms with E-state index in [4.69, 9.17) is 9.72 Å². The van der Waals surface area contributed by atoms with Crippen LogP contribution in [0.15, 0.2) is 41.8 Å². The number of fused-ring (bicyclic) bond motifs is 1. The third-order valence-electron chi connectivity index (χ3n) is 5.75. The Hall–Kier alpha value is -2.07. The molecule has 0 N–H and O–H groups in total. The third kappa shape index (κ3) is 4.66. The van der Waals surface area contributed by atoms with Crippen LogP contribution in [0.2, 0.25) is 0 Å². The lowest BCUT2D eigenvalue weighted by molar-refractivity contribution is -0.0440. The number of hydrogen-bond donors (Lipinski definition) is 0. The SMILES string of the molecule is C=CCN(C(=O)c1ccc(S(=O)(=O)N2C[C@@H](C)O[C@H](C)C2)cc1)c1nc2c(s1)CCCC2. The molecule has 1 aromatic carbocycles. The molecule has 2 heterocycles. The van der Waals surface area contributed by atoms with E-state index in [-0.39, 0.29) is 23.0 Å². The Morgan fingerprint density at radius 2 is 1.88 bits per heavy atom. The van der Waals surface area contributed by atoms with Gasteiger partial charge in [-0.2, -0.15) is 4.31 Å². The quantitative estimate of drug-likeness (QED) is 0.596. The van der Waals surface area contributed by atoms with Crippen LogP contribution in [0.3, 0.4) is 0 Å². The molecule has 2 aromatic rings. The number of aromatic nitrogens is 1. The van der Waals surface area contributed by atoms with Crippen LogP contribution in [-0.4, -0.2) is 55.5 Å². The summed E-state index contributed by atoms with van der Waals surface area (Å²) < 4.78 is 33.3. The highest BCUT2D eigenvalue weighted by Gasteiger charge is 2.32. The second-order valence-electron chi connectivity index (χ2n) is 8.38. The minimum atomic E-state index is -3.65. The lowest BCUT2D eigenvalue weighted by Crippen LogP contribution is -2.48. The van der Waals surface area contributed by atoms with Crippen molar-refractivity contribution >= 4 is 32.4 Å². The molecule has 0 unspecified atom stereocenters. The highest BCUT2D eigenvalue weighted by molar-refractivity contribution is 7.89. The van der Waals surface area contributed by atoms with Crippen LogP contribution >= 0.6 is 11.3 Å². The summed E-state index contributed by atoms with van der Waals surface area (Å²) in [6.45, 7) is 8.48. The number of amides is 1. The molecule has 9 heteroatoms. The van der Waals surface area contributed by atoms with Gasteiger partial charge in [0, 0.05) is 30.1 Å². The topological polar surface area (TPSA) is 79.8 Å². The van der Waals surface area contributed by atoms with Gasteiger partial charge in [0.2, 0.25) is 10.0 Å². The molecule has 1 aliphatic heterocycles. The van der Waals surface area contributed by atoms with Crippen molar-refractivity contribution in [3.05, 3.63) is 53.1 Å². The van der Waals surface area contributed by atoms with Crippen molar-refractivity contribution in [3.8, 4) is 0 Å². The molecule has 1 fully saturated rings. The zero-order valence-corrected chi connectivity index (χ0v) is 20.1. The Morgan fingerprint density at radius 1 is 1.22 bits per heavy atom. The molecule has 1 aromatic heterocycles. The van der Waals surface area contributed by atoms with E-state index >= 15 is 0 Å². The lowest BCUT2D eigenvalue weighted by atomic mass is 10.0. The molecule has 4 rings (SSSR count). The normalized spacial score (nSPS) is 21.7. The van der Waals surface area contributed by atoms with E-state index < -0.39 is 10.0 Å². The highest BCUT2D eigenvalue weighted by Crippen LogP contribution is 2.32. The number of morpholine rings is 1. The number of anilines is 1. The first-order chi connectivity index (χ1) is 15.3. The van der Waals surface area contributed by atoms with E-state index in [2.05, 4.69) is 6.58 Å². The Kier molecular flexibility index (Phi) is 6.80. The van der Waals surface area contributed by atoms with Gasteiger partial charge in [0.1, 0.15) is 0 Å². The molecule has 1 aliphatic carbocycles. The Morgan fingerprint density at radius 3 is 2.50 bits per heavy atom. The number of carbonyl (C=O) groups excluding carboxylic acids is 1. The van der Waals surface area contributed by atoms with Gasteiger partial charge in [0.15, 0.2) is 5.13 Å². The monoisotopic (exact) mass is 475 g/mol. The van der Waals surface area contributed by atoms with Crippen molar-refractivity contribution in [3.63, 3.8) is 0 Å². The van der Waals surface area contributed by atoms with Gasteiger partial charge < -0.3 is 4.74 Å². The summed E-state index contributed by atoms with van der Waals surface area (Å²) >= 11 is 1.56. The number of benzene rings is 1. The largest absolute Gasteiger partial charge is 0.373 e. The van der Waals surface area contributed by atoms with E-state index in [0.29, 0.717) is 30.3 Å². The van der Waals surface area contributed by atoms with E-state index in [9.17, 15) is 13.2 Å². The summed E-state index contributed by atoms with van der Waals surface area (Å²) in [4.78, 5) is 21.0. The van der Waals surface area contributed by atoms with E-state index in [1.165, 1.54) is 21.3 Å². The zero-order chi connectivity index (χ0) is 22.9. The number of thiazole rings is 1. The van der Waals surface area contributed by atoms with Crippen molar-refractivity contribution in [2.24, 2.45) is 0 Å². The summed E-state index contributed by atoms with van der Waals surface area (Å²) in [5.41, 5.74) is 1.51. The van der Waals surface area contributed by atoms with Crippen LogP contribution in [0.4, 0.5) is 5.13 Å². The van der Waals surface area contributed by atoms with Crippen LogP contribution in [0.25, 0.3) is 0 Å². The molecule has 0 radical (unpaired) electrons. The minimum Gasteiger partial charge on any atom is -0.373 e. The van der Waals surface area contributed by atoms with E-state index in [1.807, 2.05) is 13.8 Å². The number of carbonyl (C=O) groups is 1. The first kappa shape index (κ1) is 23.1. The number of rotatable bonds is 6. The van der Waals surface area contributed by atoms with Gasteiger partial charge in [-0.25, -0.2) is 13.4 Å². The molecule has 0 spiro atoms. The molecule has 0 bridgehead atoms. The summed E-state index contributed by atoms with van der Waals surface area (Å²) in [6, 6.07) is 6.16. The number of nitrogens with zero attached hydrogens (tertiary/aromatic N) is 3. The average molecular weight is 476 g/mol. The lowest BCUT2D eigenvalue weighted by Gasteiger charge is -2.34. The predicted molar refractivity (Wildman–Crippen MR) is 126 cm³/mol. The maximum atomic E-state index is 13.3. The number of aryl methyl sites for hydroxylation is 2. The van der Waals surface area contributed by atoms with Gasteiger partial charge in [0.25, 0.3) is 5.91 Å². The molecule has 0 saturated carbocycles. The summed E-state index contributed by atoms with van der Waals surface area (Å²) in [5.74, 6) is -0.214. The van der Waals surface area contributed by atoms with Crippen molar-refractivity contribution in [1.29, 1.82) is 0 Å². The summed E-state index contributed by atoms with van der Waals surface area (Å²) in [7, 11) is -3.65. The molecule has 2 atom stereocenters. The van der Waals surface area contributed by atoms with Gasteiger partial charge in [-0.05, 0) is 63.8 Å². The minimum absolute atomic E-state index is 0.161. The van der Waals surface area contributed by atoms with Gasteiger partial charge in [0.05, 0.1) is 22.8 Å². The first-order valence-corrected chi connectivity index (χ1v) is 13.2. The molecule has 7 nitrogen and oxygen atoms in total. The fraction of sp³-hybridized carbons (Fsp3) is 0.478. The zero-order valence-electron chi connectivity index (χ0n) is 18.5. The molecule has 2 aliphatic rings. The van der Waals surface area contributed by atoms with Gasteiger partial charge >= 0.3 is 0 Å². The maximum absolute atomic E-state index is 13.3. The van der Waals surface area contributed by atoms with Crippen LogP contribution in [0, 0.1) is 0 Å². The van der Waals surface area contributed by atoms with Gasteiger partial charge in [-0.1, -0.05) is 6.08 Å². The second kappa shape index (κ2) is 9.43. The van der Waals surface area contributed by atoms with Crippen LogP contribution in [0.5, 0.6) is 0 Å². The smallest absolute Gasteiger partial charge is 0.260 e. The van der Waals surface area contributed by atoms with E-state index in [0.717, 1.165) is 31.4 Å². The molecule has 1 amide bonds. The fourth-order valence-electron chi connectivity index (χ4n) is 4.23. The van der Waals surface area contributed by atoms with Crippen molar-refractivity contribution in [1.82, 2.24) is 9.29 Å². The third-order valence-corrected chi connectivity index (χ3v) is 8.77. The molecular formula is C23H29N3O4S2. The Bertz CT molecular complexity index is 1060. The molecular weight excluding hydrogens is 446 g/mol. The Labute approximate surface area is 193 Å². The highest BCUT2D eigenvalue weighted by atomic mass is 32.2. The number of sulfonamides is 1. The number of hydrogen-bond acceptors (Lipinski definition) is 6. The van der Waals surface area contributed by atoms with Crippen LogP contribution in [-0.2, 0) is 27.6 Å².